The Hall–Kier alpha value is -1.60. The van der Waals surface area contributed by atoms with Crippen LogP contribution < -0.4 is 0 Å². The Morgan fingerprint density at radius 1 is 1.60 bits per heavy atom. The van der Waals surface area contributed by atoms with Gasteiger partial charge in [0, 0.05) is 11.8 Å². The van der Waals surface area contributed by atoms with Gasteiger partial charge in [0.1, 0.15) is 5.60 Å². The van der Waals surface area contributed by atoms with Crippen LogP contribution in [0, 0.1) is 25.2 Å². The highest BCUT2D eigenvalue weighted by Gasteiger charge is 2.23. The minimum absolute atomic E-state index is 0.482. The van der Waals surface area contributed by atoms with Gasteiger partial charge in [-0.2, -0.15) is 10.4 Å². The zero-order valence-corrected chi connectivity index (χ0v) is 9.44. The van der Waals surface area contributed by atoms with Crippen molar-refractivity contribution in [1.82, 2.24) is 9.78 Å². The highest BCUT2D eigenvalue weighted by Crippen LogP contribution is 2.22. The van der Waals surface area contributed by atoms with E-state index in [1.807, 2.05) is 26.0 Å². The normalized spacial score (nSPS) is 12.7. The number of nitrogens with zero attached hydrogens (tertiary/aromatic N) is 3. The van der Waals surface area contributed by atoms with Gasteiger partial charge in [0.05, 0.1) is 17.5 Å². The van der Waals surface area contributed by atoms with Crippen LogP contribution in [-0.2, 0) is 0 Å². The molecule has 0 fully saturated rings. The standard InChI is InChI=1S/C11H15N3O/c1-8-7-9(2)14(13-8)10(5-6-12)11(3,4)15/h5,7,15H,1-4H3/b10-5+. The lowest BCUT2D eigenvalue weighted by Gasteiger charge is -2.21. The van der Waals surface area contributed by atoms with Crippen molar-refractivity contribution in [3.8, 4) is 6.07 Å². The molecular weight excluding hydrogens is 190 g/mol. The lowest BCUT2D eigenvalue weighted by atomic mass is 10.1. The van der Waals surface area contributed by atoms with E-state index in [4.69, 9.17) is 5.26 Å². The average molecular weight is 205 g/mol. The predicted octanol–water partition coefficient (Wildman–Crippen LogP) is 1.64. The van der Waals surface area contributed by atoms with Gasteiger partial charge in [-0.1, -0.05) is 0 Å². The summed E-state index contributed by atoms with van der Waals surface area (Å²) in [4.78, 5) is 0. The zero-order chi connectivity index (χ0) is 11.6. The van der Waals surface area contributed by atoms with Crippen LogP contribution in [0.4, 0.5) is 0 Å². The van der Waals surface area contributed by atoms with Gasteiger partial charge in [-0.15, -0.1) is 0 Å². The van der Waals surface area contributed by atoms with Gasteiger partial charge in [0.15, 0.2) is 0 Å². The van der Waals surface area contributed by atoms with Crippen molar-refractivity contribution in [2.24, 2.45) is 0 Å². The molecule has 1 rings (SSSR count). The first-order chi connectivity index (χ1) is 6.86. The third-order valence-electron chi connectivity index (χ3n) is 2.07. The van der Waals surface area contributed by atoms with Crippen molar-refractivity contribution in [1.29, 1.82) is 5.26 Å². The molecule has 0 aliphatic rings. The summed E-state index contributed by atoms with van der Waals surface area (Å²) in [6.45, 7) is 7.02. The van der Waals surface area contributed by atoms with Crippen molar-refractivity contribution < 1.29 is 5.11 Å². The van der Waals surface area contributed by atoms with Crippen LogP contribution in [0.2, 0.25) is 0 Å². The molecule has 15 heavy (non-hydrogen) atoms. The smallest absolute Gasteiger partial charge is 0.102 e. The molecule has 0 bridgehead atoms. The van der Waals surface area contributed by atoms with E-state index in [2.05, 4.69) is 5.10 Å². The molecule has 0 aromatic carbocycles. The number of aromatic nitrogens is 2. The summed E-state index contributed by atoms with van der Waals surface area (Å²) in [6.07, 6.45) is 1.32. The van der Waals surface area contributed by atoms with E-state index in [9.17, 15) is 5.11 Å². The fourth-order valence-corrected chi connectivity index (χ4v) is 1.43. The van der Waals surface area contributed by atoms with E-state index in [0.29, 0.717) is 5.70 Å². The van der Waals surface area contributed by atoms with Gasteiger partial charge in [0.25, 0.3) is 0 Å². The van der Waals surface area contributed by atoms with E-state index >= 15 is 0 Å². The third kappa shape index (κ3) is 2.45. The first-order valence-electron chi connectivity index (χ1n) is 4.72. The number of nitriles is 1. The second-order valence-electron chi connectivity index (χ2n) is 4.06. The topological polar surface area (TPSA) is 61.8 Å². The number of aryl methyl sites for hydroxylation is 2. The second-order valence-corrected chi connectivity index (χ2v) is 4.06. The summed E-state index contributed by atoms with van der Waals surface area (Å²) in [6, 6.07) is 3.83. The molecule has 0 aliphatic heterocycles. The van der Waals surface area contributed by atoms with E-state index in [1.165, 1.54) is 6.08 Å². The minimum atomic E-state index is -1.08. The maximum Gasteiger partial charge on any atom is 0.102 e. The second kappa shape index (κ2) is 3.87. The zero-order valence-electron chi connectivity index (χ0n) is 9.44. The van der Waals surface area contributed by atoms with Crippen LogP contribution in [0.3, 0.4) is 0 Å². The predicted molar refractivity (Wildman–Crippen MR) is 57.9 cm³/mol. The van der Waals surface area contributed by atoms with Crippen LogP contribution in [0.5, 0.6) is 0 Å². The molecular formula is C11H15N3O. The Morgan fingerprint density at radius 2 is 2.20 bits per heavy atom. The van der Waals surface area contributed by atoms with E-state index in [0.717, 1.165) is 11.4 Å². The van der Waals surface area contributed by atoms with Gasteiger partial charge in [-0.05, 0) is 33.8 Å². The Kier molecular flexibility index (Phi) is 2.96. The lowest BCUT2D eigenvalue weighted by molar-refractivity contribution is 0.136. The van der Waals surface area contributed by atoms with E-state index < -0.39 is 5.60 Å². The van der Waals surface area contributed by atoms with E-state index in [-0.39, 0.29) is 0 Å². The van der Waals surface area contributed by atoms with Crippen LogP contribution in [-0.4, -0.2) is 20.5 Å². The number of aliphatic hydroxyl groups is 1. The quantitative estimate of drug-likeness (QED) is 0.746. The fraction of sp³-hybridized carbons (Fsp3) is 0.455. The maximum absolute atomic E-state index is 9.92. The summed E-state index contributed by atoms with van der Waals surface area (Å²) in [5.41, 5.74) is 1.16. The third-order valence-corrected chi connectivity index (χ3v) is 2.07. The Bertz CT molecular complexity index is 430. The number of hydrogen-bond acceptors (Lipinski definition) is 3. The molecule has 0 saturated heterocycles. The molecule has 0 radical (unpaired) electrons. The van der Waals surface area contributed by atoms with Gasteiger partial charge in [-0.25, -0.2) is 4.68 Å². The van der Waals surface area contributed by atoms with Crippen LogP contribution >= 0.6 is 0 Å². The SMILES string of the molecule is Cc1cc(C)n(/C(=C/C#N)C(C)(C)O)n1. The monoisotopic (exact) mass is 205 g/mol. The average Bonchev–Trinajstić information content (AvgIpc) is 2.39. The largest absolute Gasteiger partial charge is 0.384 e. The first-order valence-corrected chi connectivity index (χ1v) is 4.72. The molecule has 0 atom stereocenters. The van der Waals surface area contributed by atoms with Crippen LogP contribution in [0.25, 0.3) is 5.70 Å². The van der Waals surface area contributed by atoms with Gasteiger partial charge in [0.2, 0.25) is 0 Å². The first kappa shape index (κ1) is 11.5. The van der Waals surface area contributed by atoms with Crippen LogP contribution in [0.15, 0.2) is 12.1 Å². The molecule has 1 N–H and O–H groups in total. The van der Waals surface area contributed by atoms with Crippen molar-refractivity contribution in [3.05, 3.63) is 23.5 Å². The van der Waals surface area contributed by atoms with Gasteiger partial charge in [-0.3, -0.25) is 0 Å². The van der Waals surface area contributed by atoms with Crippen molar-refractivity contribution in [3.63, 3.8) is 0 Å². The Labute approximate surface area is 89.5 Å². The molecule has 0 unspecified atom stereocenters. The lowest BCUT2D eigenvalue weighted by Crippen LogP contribution is -2.26. The fourth-order valence-electron chi connectivity index (χ4n) is 1.43. The van der Waals surface area contributed by atoms with Gasteiger partial charge >= 0.3 is 0 Å². The molecule has 0 amide bonds. The number of rotatable bonds is 2. The van der Waals surface area contributed by atoms with Crippen LogP contribution in [0.1, 0.15) is 25.2 Å². The molecule has 0 saturated carbocycles. The summed E-state index contributed by atoms with van der Waals surface area (Å²) >= 11 is 0. The molecule has 4 nitrogen and oxygen atoms in total. The van der Waals surface area contributed by atoms with E-state index in [1.54, 1.807) is 18.5 Å². The maximum atomic E-state index is 9.92. The minimum Gasteiger partial charge on any atom is -0.384 e. The number of allylic oxidation sites excluding steroid dienone is 1. The summed E-state index contributed by atoms with van der Waals surface area (Å²) in [7, 11) is 0. The molecule has 1 aromatic heterocycles. The summed E-state index contributed by atoms with van der Waals surface area (Å²) < 4.78 is 1.60. The van der Waals surface area contributed by atoms with Crippen molar-refractivity contribution >= 4 is 5.70 Å². The molecule has 1 aromatic rings. The van der Waals surface area contributed by atoms with Gasteiger partial charge < -0.3 is 5.11 Å². The summed E-state index contributed by atoms with van der Waals surface area (Å²) in [5.74, 6) is 0. The highest BCUT2D eigenvalue weighted by atomic mass is 16.3. The highest BCUT2D eigenvalue weighted by molar-refractivity contribution is 5.56. The molecule has 80 valence electrons. The Morgan fingerprint density at radius 3 is 2.53 bits per heavy atom. The molecule has 0 spiro atoms. The molecule has 0 aliphatic carbocycles. The molecule has 4 heteroatoms. The molecule has 1 heterocycles. The number of hydrogen-bond donors (Lipinski definition) is 1. The van der Waals surface area contributed by atoms with Crippen molar-refractivity contribution in [2.45, 2.75) is 33.3 Å². The summed E-state index contributed by atoms with van der Waals surface area (Å²) in [5, 5.41) is 22.8. The Balaban J connectivity index is 3.31. The van der Waals surface area contributed by atoms with Crippen molar-refractivity contribution in [2.75, 3.05) is 0 Å².